The molecule has 1 spiro atoms. The van der Waals surface area contributed by atoms with E-state index < -0.39 is 0 Å². The SMILES string of the molecule is Cc1ccccc1N1C(C)c2oc3ccoc3c2C12C1CC3CC(C1)CC2C3. The molecular weight excluding hydrogens is 346 g/mol. The van der Waals surface area contributed by atoms with Crippen molar-refractivity contribution >= 4 is 16.9 Å². The number of anilines is 1. The Bertz CT molecular complexity index is 1060. The second-order valence-corrected chi connectivity index (χ2v) is 9.92. The second kappa shape index (κ2) is 5.06. The van der Waals surface area contributed by atoms with Crippen LogP contribution in [0.25, 0.3) is 11.2 Å². The lowest BCUT2D eigenvalue weighted by atomic mass is 9.47. The summed E-state index contributed by atoms with van der Waals surface area (Å²) in [6, 6.07) is 11.2. The number of para-hydroxylation sites is 1. The number of aryl methyl sites for hydroxylation is 1. The van der Waals surface area contributed by atoms with Crippen molar-refractivity contribution in [2.75, 3.05) is 4.90 Å². The Morgan fingerprint density at radius 2 is 1.68 bits per heavy atom. The first-order valence-corrected chi connectivity index (χ1v) is 11.0. The Morgan fingerprint density at radius 1 is 0.964 bits per heavy atom. The lowest BCUT2D eigenvalue weighted by Gasteiger charge is -2.63. The average molecular weight is 373 g/mol. The number of nitrogens with zero attached hydrogens (tertiary/aromatic N) is 1. The van der Waals surface area contributed by atoms with Crippen molar-refractivity contribution in [3.63, 3.8) is 0 Å². The van der Waals surface area contributed by atoms with Gasteiger partial charge in [0.05, 0.1) is 23.4 Å². The van der Waals surface area contributed by atoms with Gasteiger partial charge >= 0.3 is 0 Å². The third-order valence-electron chi connectivity index (χ3n) is 8.65. The number of benzene rings is 1. The standard InChI is InChI=1S/C25H27NO2/c1-14-5-3-4-6-20(14)26-15(2)23-22(24-21(28-23)7-8-27-24)25(26)18-10-16-9-17(12-18)13-19(25)11-16/h3-8,15-19H,9-13H2,1-2H3. The molecule has 4 aliphatic carbocycles. The molecule has 0 saturated heterocycles. The van der Waals surface area contributed by atoms with Crippen LogP contribution in [0, 0.1) is 30.6 Å². The minimum atomic E-state index is 0.0391. The van der Waals surface area contributed by atoms with Crippen LogP contribution in [0.15, 0.2) is 45.4 Å². The summed E-state index contributed by atoms with van der Waals surface area (Å²) >= 11 is 0. The highest BCUT2D eigenvalue weighted by molar-refractivity contribution is 5.82. The molecule has 0 amide bonds. The summed E-state index contributed by atoms with van der Waals surface area (Å²) in [6.45, 7) is 4.60. The van der Waals surface area contributed by atoms with E-state index in [2.05, 4.69) is 43.0 Å². The van der Waals surface area contributed by atoms with E-state index in [0.717, 1.165) is 28.8 Å². The minimum absolute atomic E-state index is 0.0391. The van der Waals surface area contributed by atoms with Crippen molar-refractivity contribution in [1.29, 1.82) is 0 Å². The van der Waals surface area contributed by atoms with E-state index in [0.29, 0.717) is 11.8 Å². The summed E-state index contributed by atoms with van der Waals surface area (Å²) in [5, 5.41) is 0. The molecule has 8 rings (SSSR count). The first-order chi connectivity index (χ1) is 13.7. The lowest BCUT2D eigenvalue weighted by molar-refractivity contribution is -0.0599. The van der Waals surface area contributed by atoms with Crippen LogP contribution in [0.3, 0.4) is 0 Å². The molecule has 1 unspecified atom stereocenters. The van der Waals surface area contributed by atoms with E-state index in [4.69, 9.17) is 8.83 Å². The van der Waals surface area contributed by atoms with Crippen LogP contribution in [0.1, 0.15) is 62.0 Å². The molecule has 0 N–H and O–H groups in total. The van der Waals surface area contributed by atoms with Gasteiger partial charge in [-0.1, -0.05) is 18.2 Å². The Morgan fingerprint density at radius 3 is 2.39 bits per heavy atom. The molecule has 1 atom stereocenters. The summed E-state index contributed by atoms with van der Waals surface area (Å²) < 4.78 is 12.5. The normalized spacial score (nSPS) is 38.1. The molecule has 4 bridgehead atoms. The highest BCUT2D eigenvalue weighted by atomic mass is 16.4. The van der Waals surface area contributed by atoms with Gasteiger partial charge < -0.3 is 13.7 Å². The monoisotopic (exact) mass is 373 g/mol. The Balaban J connectivity index is 1.55. The fourth-order valence-corrected chi connectivity index (χ4v) is 8.02. The molecule has 3 heteroatoms. The van der Waals surface area contributed by atoms with Crippen LogP contribution < -0.4 is 4.90 Å². The molecule has 3 heterocycles. The van der Waals surface area contributed by atoms with Gasteiger partial charge in [-0.3, -0.25) is 0 Å². The third kappa shape index (κ3) is 1.65. The number of hydrogen-bond donors (Lipinski definition) is 0. The number of hydrogen-bond acceptors (Lipinski definition) is 3. The average Bonchev–Trinajstić information content (AvgIpc) is 3.32. The maximum Gasteiger partial charge on any atom is 0.178 e. The molecule has 1 aromatic carbocycles. The molecule has 28 heavy (non-hydrogen) atoms. The van der Waals surface area contributed by atoms with Crippen LogP contribution in [0.2, 0.25) is 0 Å². The minimum Gasteiger partial charge on any atom is -0.460 e. The maximum atomic E-state index is 6.45. The van der Waals surface area contributed by atoms with Crippen molar-refractivity contribution in [3.05, 3.63) is 53.5 Å². The zero-order valence-electron chi connectivity index (χ0n) is 16.7. The van der Waals surface area contributed by atoms with Gasteiger partial charge in [-0.05, 0) is 81.3 Å². The predicted octanol–water partition coefficient (Wildman–Crippen LogP) is 6.57. The Hall–Kier alpha value is -2.16. The van der Waals surface area contributed by atoms with Gasteiger partial charge in [0, 0.05) is 11.8 Å². The van der Waals surface area contributed by atoms with E-state index in [1.807, 2.05) is 6.07 Å². The van der Waals surface area contributed by atoms with Gasteiger partial charge in [-0.15, -0.1) is 0 Å². The van der Waals surface area contributed by atoms with E-state index in [1.54, 1.807) is 6.26 Å². The molecule has 0 radical (unpaired) electrons. The van der Waals surface area contributed by atoms with Crippen molar-refractivity contribution < 1.29 is 8.83 Å². The lowest BCUT2D eigenvalue weighted by Crippen LogP contribution is -2.62. The molecule has 5 aliphatic rings. The summed E-state index contributed by atoms with van der Waals surface area (Å²) in [6.07, 6.45) is 8.75. The summed E-state index contributed by atoms with van der Waals surface area (Å²) in [4.78, 5) is 2.77. The molecule has 1 aliphatic heterocycles. The number of furan rings is 2. The molecule has 3 nitrogen and oxygen atoms in total. The first kappa shape index (κ1) is 15.7. The first-order valence-electron chi connectivity index (χ1n) is 11.0. The number of fused-ring (bicyclic) bond motifs is 3. The molecule has 4 fully saturated rings. The van der Waals surface area contributed by atoms with Gasteiger partial charge in [0.25, 0.3) is 0 Å². The molecular formula is C25H27NO2. The Kier molecular flexibility index (Phi) is 2.84. The fraction of sp³-hybridized carbons (Fsp3) is 0.520. The summed E-state index contributed by atoms with van der Waals surface area (Å²) in [7, 11) is 0. The van der Waals surface area contributed by atoms with Crippen molar-refractivity contribution in [2.45, 2.75) is 57.5 Å². The van der Waals surface area contributed by atoms with E-state index in [-0.39, 0.29) is 11.6 Å². The van der Waals surface area contributed by atoms with Crippen LogP contribution in [-0.4, -0.2) is 0 Å². The topological polar surface area (TPSA) is 29.5 Å². The number of rotatable bonds is 1. The molecule has 3 aromatic rings. The summed E-state index contributed by atoms with van der Waals surface area (Å²) in [5.74, 6) is 4.44. The van der Waals surface area contributed by atoms with Crippen molar-refractivity contribution in [2.24, 2.45) is 23.7 Å². The van der Waals surface area contributed by atoms with Gasteiger partial charge in [-0.25, -0.2) is 0 Å². The fourth-order valence-electron chi connectivity index (χ4n) is 8.02. The van der Waals surface area contributed by atoms with Crippen LogP contribution >= 0.6 is 0 Å². The Labute approximate surface area is 165 Å². The van der Waals surface area contributed by atoms with Gasteiger partial charge in [0.2, 0.25) is 0 Å². The summed E-state index contributed by atoms with van der Waals surface area (Å²) in [5.41, 5.74) is 6.14. The zero-order valence-corrected chi connectivity index (χ0v) is 16.7. The van der Waals surface area contributed by atoms with Crippen LogP contribution in [-0.2, 0) is 5.54 Å². The van der Waals surface area contributed by atoms with Gasteiger partial charge in [0.15, 0.2) is 11.2 Å². The van der Waals surface area contributed by atoms with Crippen LogP contribution in [0.4, 0.5) is 5.69 Å². The zero-order chi connectivity index (χ0) is 18.6. The third-order valence-corrected chi connectivity index (χ3v) is 8.65. The van der Waals surface area contributed by atoms with E-state index >= 15 is 0 Å². The van der Waals surface area contributed by atoms with Crippen molar-refractivity contribution in [3.8, 4) is 0 Å². The highest BCUT2D eigenvalue weighted by Crippen LogP contribution is 2.70. The van der Waals surface area contributed by atoms with E-state index in [1.165, 1.54) is 48.9 Å². The maximum absolute atomic E-state index is 6.45. The second-order valence-electron chi connectivity index (χ2n) is 9.92. The van der Waals surface area contributed by atoms with Crippen LogP contribution in [0.5, 0.6) is 0 Å². The molecule has 144 valence electrons. The quantitative estimate of drug-likeness (QED) is 0.483. The smallest absolute Gasteiger partial charge is 0.178 e. The van der Waals surface area contributed by atoms with Gasteiger partial charge in [0.1, 0.15) is 5.76 Å². The predicted molar refractivity (Wildman–Crippen MR) is 109 cm³/mol. The van der Waals surface area contributed by atoms with Gasteiger partial charge in [-0.2, -0.15) is 0 Å². The van der Waals surface area contributed by atoms with Crippen molar-refractivity contribution in [1.82, 2.24) is 0 Å². The largest absolute Gasteiger partial charge is 0.460 e. The van der Waals surface area contributed by atoms with E-state index in [9.17, 15) is 0 Å². The highest BCUT2D eigenvalue weighted by Gasteiger charge is 2.66. The molecule has 2 aromatic heterocycles. The molecule has 4 saturated carbocycles.